The molecule has 0 amide bonds. The van der Waals surface area contributed by atoms with Gasteiger partial charge >= 0.3 is 0 Å². The van der Waals surface area contributed by atoms with Crippen LogP contribution in [0.25, 0.3) is 0 Å². The first-order valence-corrected chi connectivity index (χ1v) is 7.13. The monoisotopic (exact) mass is 240 g/mol. The van der Waals surface area contributed by atoms with Gasteiger partial charge in [-0.3, -0.25) is 0 Å². The second-order valence-corrected chi connectivity index (χ2v) is 6.32. The zero-order chi connectivity index (χ0) is 12.3. The Morgan fingerprint density at radius 2 is 2.18 bits per heavy atom. The fourth-order valence-corrected chi connectivity index (χ4v) is 2.59. The smallest absolute Gasteiger partial charge is 0.0546 e. The number of nitrogens with one attached hydrogen (secondary N) is 1. The molecule has 1 atom stereocenters. The Hall–Kier alpha value is -0.120. The molecule has 100 valence electrons. The maximum atomic E-state index is 5.75. The first kappa shape index (κ1) is 13.3. The van der Waals surface area contributed by atoms with E-state index in [4.69, 9.17) is 4.74 Å². The molecule has 1 N–H and O–H groups in total. The predicted octanol–water partition coefficient (Wildman–Crippen LogP) is 1.88. The van der Waals surface area contributed by atoms with Crippen LogP contribution in [-0.2, 0) is 4.74 Å². The Balaban J connectivity index is 1.89. The Labute approximate surface area is 106 Å². The summed E-state index contributed by atoms with van der Waals surface area (Å²) in [6.45, 7) is 8.72. The van der Waals surface area contributed by atoms with Gasteiger partial charge in [0.05, 0.1) is 6.61 Å². The van der Waals surface area contributed by atoms with Crippen molar-refractivity contribution in [3.05, 3.63) is 0 Å². The molecule has 0 bridgehead atoms. The summed E-state index contributed by atoms with van der Waals surface area (Å²) < 4.78 is 5.75. The van der Waals surface area contributed by atoms with Crippen LogP contribution >= 0.6 is 0 Å². The van der Waals surface area contributed by atoms with E-state index in [9.17, 15) is 0 Å². The van der Waals surface area contributed by atoms with Gasteiger partial charge in [0.15, 0.2) is 0 Å². The molecule has 2 fully saturated rings. The lowest BCUT2D eigenvalue weighted by Gasteiger charge is -2.41. The Morgan fingerprint density at radius 3 is 2.71 bits per heavy atom. The minimum atomic E-state index is 0.347. The molecule has 17 heavy (non-hydrogen) atoms. The topological polar surface area (TPSA) is 24.5 Å². The highest BCUT2D eigenvalue weighted by Gasteiger charge is 2.36. The molecular weight excluding hydrogens is 212 g/mol. The Kier molecular flexibility index (Phi) is 4.45. The van der Waals surface area contributed by atoms with E-state index in [0.717, 1.165) is 32.3 Å². The standard InChI is InChI=1S/C14H28N2O/c1-12(2)16(3)10-14(7-4-8-17-11-14)9-15-13-5-6-13/h12-13,15H,4-11H2,1-3H3. The molecule has 0 spiro atoms. The normalized spacial score (nSPS) is 30.2. The van der Waals surface area contributed by atoms with Crippen molar-refractivity contribution in [3.63, 3.8) is 0 Å². The molecule has 1 saturated heterocycles. The predicted molar refractivity (Wildman–Crippen MR) is 71.3 cm³/mol. The van der Waals surface area contributed by atoms with Gasteiger partial charge in [-0.2, -0.15) is 0 Å². The van der Waals surface area contributed by atoms with E-state index in [-0.39, 0.29) is 0 Å². The van der Waals surface area contributed by atoms with Gasteiger partial charge in [-0.1, -0.05) is 0 Å². The van der Waals surface area contributed by atoms with Crippen LogP contribution in [-0.4, -0.2) is 50.3 Å². The van der Waals surface area contributed by atoms with Gasteiger partial charge in [0.1, 0.15) is 0 Å². The van der Waals surface area contributed by atoms with E-state index < -0.39 is 0 Å². The third-order valence-electron chi connectivity index (χ3n) is 4.21. The molecule has 1 heterocycles. The largest absolute Gasteiger partial charge is 0.381 e. The number of hydrogen-bond donors (Lipinski definition) is 1. The second kappa shape index (κ2) is 5.68. The molecule has 2 aliphatic rings. The Morgan fingerprint density at radius 1 is 1.41 bits per heavy atom. The van der Waals surface area contributed by atoms with Gasteiger partial charge < -0.3 is 15.0 Å². The van der Waals surface area contributed by atoms with Crippen LogP contribution in [0.5, 0.6) is 0 Å². The Bertz CT molecular complexity index is 232. The van der Waals surface area contributed by atoms with Crippen molar-refractivity contribution in [1.29, 1.82) is 0 Å². The van der Waals surface area contributed by atoms with Crippen molar-refractivity contribution in [2.45, 2.75) is 51.6 Å². The van der Waals surface area contributed by atoms with Crippen LogP contribution in [0, 0.1) is 5.41 Å². The molecular formula is C14H28N2O. The molecule has 1 aliphatic heterocycles. The number of nitrogens with zero attached hydrogens (tertiary/aromatic N) is 1. The zero-order valence-electron chi connectivity index (χ0n) is 11.7. The second-order valence-electron chi connectivity index (χ2n) is 6.32. The van der Waals surface area contributed by atoms with Crippen LogP contribution < -0.4 is 5.32 Å². The van der Waals surface area contributed by atoms with Crippen LogP contribution in [0.1, 0.15) is 39.5 Å². The third kappa shape index (κ3) is 3.94. The molecule has 0 aromatic rings. The van der Waals surface area contributed by atoms with E-state index >= 15 is 0 Å². The molecule has 1 saturated carbocycles. The SMILES string of the molecule is CC(C)N(C)CC1(CNC2CC2)CCCOC1. The van der Waals surface area contributed by atoms with Gasteiger partial charge in [-0.25, -0.2) is 0 Å². The van der Waals surface area contributed by atoms with Gasteiger partial charge in [-0.15, -0.1) is 0 Å². The maximum absolute atomic E-state index is 5.75. The van der Waals surface area contributed by atoms with Crippen LogP contribution in [0.3, 0.4) is 0 Å². The average molecular weight is 240 g/mol. The molecule has 1 unspecified atom stereocenters. The highest BCUT2D eigenvalue weighted by atomic mass is 16.5. The summed E-state index contributed by atoms with van der Waals surface area (Å²) in [7, 11) is 2.23. The van der Waals surface area contributed by atoms with Crippen molar-refractivity contribution < 1.29 is 4.74 Å². The maximum Gasteiger partial charge on any atom is 0.0546 e. The van der Waals surface area contributed by atoms with Crippen LogP contribution in [0.4, 0.5) is 0 Å². The molecule has 0 aromatic carbocycles. The highest BCUT2D eigenvalue weighted by Crippen LogP contribution is 2.31. The molecule has 3 heteroatoms. The van der Waals surface area contributed by atoms with Crippen molar-refractivity contribution in [2.75, 3.05) is 33.4 Å². The first-order valence-electron chi connectivity index (χ1n) is 7.13. The molecule has 0 aromatic heterocycles. The minimum absolute atomic E-state index is 0.347. The first-order chi connectivity index (χ1) is 8.11. The lowest BCUT2D eigenvalue weighted by Crippen LogP contribution is -2.49. The summed E-state index contributed by atoms with van der Waals surface area (Å²) >= 11 is 0. The van der Waals surface area contributed by atoms with Crippen LogP contribution in [0.2, 0.25) is 0 Å². The summed E-state index contributed by atoms with van der Waals surface area (Å²) in [5.41, 5.74) is 0.347. The summed E-state index contributed by atoms with van der Waals surface area (Å²) in [5, 5.41) is 3.70. The third-order valence-corrected chi connectivity index (χ3v) is 4.21. The van der Waals surface area contributed by atoms with Gasteiger partial charge in [0.2, 0.25) is 0 Å². The van der Waals surface area contributed by atoms with E-state index in [1.165, 1.54) is 25.7 Å². The highest BCUT2D eigenvalue weighted by molar-refractivity contribution is 4.91. The fraction of sp³-hybridized carbons (Fsp3) is 1.00. The van der Waals surface area contributed by atoms with Gasteiger partial charge in [0.25, 0.3) is 0 Å². The number of hydrogen-bond acceptors (Lipinski definition) is 3. The molecule has 1 aliphatic carbocycles. The van der Waals surface area contributed by atoms with E-state index in [0.29, 0.717) is 11.5 Å². The summed E-state index contributed by atoms with van der Waals surface area (Å²) in [6.07, 6.45) is 5.27. The molecule has 0 radical (unpaired) electrons. The van der Waals surface area contributed by atoms with E-state index in [1.54, 1.807) is 0 Å². The van der Waals surface area contributed by atoms with Crippen LogP contribution in [0.15, 0.2) is 0 Å². The van der Waals surface area contributed by atoms with E-state index in [2.05, 4.69) is 31.1 Å². The lowest BCUT2D eigenvalue weighted by atomic mass is 9.81. The number of ether oxygens (including phenoxy) is 1. The summed E-state index contributed by atoms with van der Waals surface area (Å²) in [4.78, 5) is 2.46. The van der Waals surface area contributed by atoms with Crippen molar-refractivity contribution in [2.24, 2.45) is 5.41 Å². The summed E-state index contributed by atoms with van der Waals surface area (Å²) in [5.74, 6) is 0. The molecule has 3 nitrogen and oxygen atoms in total. The van der Waals surface area contributed by atoms with Crippen molar-refractivity contribution in [1.82, 2.24) is 10.2 Å². The fourth-order valence-electron chi connectivity index (χ4n) is 2.59. The quantitative estimate of drug-likeness (QED) is 0.767. The molecule has 2 rings (SSSR count). The lowest BCUT2D eigenvalue weighted by molar-refractivity contribution is -0.0265. The zero-order valence-corrected chi connectivity index (χ0v) is 11.7. The summed E-state index contributed by atoms with van der Waals surface area (Å²) in [6, 6.07) is 1.42. The van der Waals surface area contributed by atoms with Gasteiger partial charge in [-0.05, 0) is 46.6 Å². The van der Waals surface area contributed by atoms with Crippen molar-refractivity contribution >= 4 is 0 Å². The minimum Gasteiger partial charge on any atom is -0.381 e. The number of rotatable bonds is 6. The average Bonchev–Trinajstić information content (AvgIpc) is 3.11. The van der Waals surface area contributed by atoms with E-state index in [1.807, 2.05) is 0 Å². The van der Waals surface area contributed by atoms with Gasteiger partial charge in [0, 0.05) is 37.2 Å². The van der Waals surface area contributed by atoms with Crippen molar-refractivity contribution in [3.8, 4) is 0 Å².